The number of nitrogens with zero attached hydrogens (tertiary/aromatic N) is 1. The van der Waals surface area contributed by atoms with Crippen molar-refractivity contribution in [1.29, 1.82) is 0 Å². The Labute approximate surface area is 133 Å². The molecule has 5 nitrogen and oxygen atoms in total. The van der Waals surface area contributed by atoms with Crippen LogP contribution >= 0.6 is 0 Å². The van der Waals surface area contributed by atoms with E-state index in [2.05, 4.69) is 5.32 Å². The van der Waals surface area contributed by atoms with Gasteiger partial charge in [0.2, 0.25) is 11.8 Å². The normalized spacial score (nSPS) is 19.2. The summed E-state index contributed by atoms with van der Waals surface area (Å²) in [5.41, 5.74) is 2.46. The van der Waals surface area contributed by atoms with E-state index < -0.39 is 0 Å². The van der Waals surface area contributed by atoms with Crippen LogP contribution in [0.15, 0.2) is 48.5 Å². The highest BCUT2D eigenvalue weighted by Crippen LogP contribution is 2.33. The molecule has 0 aliphatic carbocycles. The molecular formula is C18H16N2O3. The molecule has 23 heavy (non-hydrogen) atoms. The molecule has 116 valence electrons. The van der Waals surface area contributed by atoms with Gasteiger partial charge in [-0.25, -0.2) is 0 Å². The number of para-hydroxylation sites is 3. The molecule has 5 heteroatoms. The second kappa shape index (κ2) is 5.43. The van der Waals surface area contributed by atoms with Gasteiger partial charge in [0, 0.05) is 0 Å². The lowest BCUT2D eigenvalue weighted by atomic mass is 9.95. The number of carbonyl (C=O) groups excluding carboxylic acids is 2. The number of anilines is 2. The molecule has 2 amide bonds. The van der Waals surface area contributed by atoms with Crippen LogP contribution < -0.4 is 15.0 Å². The van der Waals surface area contributed by atoms with Gasteiger partial charge >= 0.3 is 0 Å². The molecule has 1 atom stereocenters. The van der Waals surface area contributed by atoms with E-state index in [-0.39, 0.29) is 24.3 Å². The maximum atomic E-state index is 12.9. The van der Waals surface area contributed by atoms with Crippen LogP contribution in [0.2, 0.25) is 0 Å². The topological polar surface area (TPSA) is 58.6 Å². The number of hydrogen-bond acceptors (Lipinski definition) is 3. The Morgan fingerprint density at radius 1 is 1.13 bits per heavy atom. The molecule has 2 aliphatic rings. The molecule has 0 saturated carbocycles. The van der Waals surface area contributed by atoms with Crippen LogP contribution in [0.1, 0.15) is 5.56 Å². The number of carbonyl (C=O) groups is 2. The van der Waals surface area contributed by atoms with Gasteiger partial charge in [0.05, 0.1) is 17.3 Å². The van der Waals surface area contributed by atoms with E-state index in [0.29, 0.717) is 18.7 Å². The second-order valence-corrected chi connectivity index (χ2v) is 5.81. The predicted molar refractivity (Wildman–Crippen MR) is 86.6 cm³/mol. The molecule has 1 N–H and O–H groups in total. The van der Waals surface area contributed by atoms with Crippen LogP contribution in [0.4, 0.5) is 11.4 Å². The quantitative estimate of drug-likeness (QED) is 0.879. The third-order valence-corrected chi connectivity index (χ3v) is 4.26. The third kappa shape index (κ3) is 2.44. The summed E-state index contributed by atoms with van der Waals surface area (Å²) in [5, 5.41) is 2.80. The second-order valence-electron chi connectivity index (χ2n) is 5.81. The smallest absolute Gasteiger partial charge is 0.244 e. The van der Waals surface area contributed by atoms with Crippen molar-refractivity contribution < 1.29 is 14.3 Å². The highest BCUT2D eigenvalue weighted by molar-refractivity contribution is 6.10. The molecule has 2 aromatic rings. The number of rotatable bonds is 1. The summed E-state index contributed by atoms with van der Waals surface area (Å²) < 4.78 is 5.71. The molecule has 4 rings (SSSR count). The zero-order valence-corrected chi connectivity index (χ0v) is 12.5. The monoisotopic (exact) mass is 308 g/mol. The van der Waals surface area contributed by atoms with E-state index in [1.165, 1.54) is 0 Å². The van der Waals surface area contributed by atoms with Gasteiger partial charge in [0.25, 0.3) is 0 Å². The van der Waals surface area contributed by atoms with Crippen LogP contribution in [0.25, 0.3) is 0 Å². The van der Waals surface area contributed by atoms with Gasteiger partial charge < -0.3 is 15.0 Å². The largest absolute Gasteiger partial charge is 0.492 e. The Bertz CT molecular complexity index is 787. The lowest BCUT2D eigenvalue weighted by molar-refractivity contribution is -0.125. The molecule has 0 fully saturated rings. The van der Waals surface area contributed by atoms with Crippen molar-refractivity contribution in [2.75, 3.05) is 23.4 Å². The number of fused-ring (bicyclic) bond motifs is 2. The van der Waals surface area contributed by atoms with Crippen molar-refractivity contribution in [3.05, 3.63) is 54.1 Å². The number of hydrogen-bond donors (Lipinski definition) is 1. The van der Waals surface area contributed by atoms with Crippen LogP contribution in [0.5, 0.6) is 5.75 Å². The molecule has 1 unspecified atom stereocenters. The first-order valence-corrected chi connectivity index (χ1v) is 7.63. The fourth-order valence-corrected chi connectivity index (χ4v) is 3.14. The first-order valence-electron chi connectivity index (χ1n) is 7.63. The molecule has 0 bridgehead atoms. The molecule has 2 aliphatic heterocycles. The van der Waals surface area contributed by atoms with Crippen LogP contribution in [-0.2, 0) is 16.0 Å². The maximum Gasteiger partial charge on any atom is 0.244 e. The Kier molecular flexibility index (Phi) is 3.26. The Morgan fingerprint density at radius 3 is 2.83 bits per heavy atom. The number of ether oxygens (including phenoxy) is 1. The van der Waals surface area contributed by atoms with Gasteiger partial charge in [-0.2, -0.15) is 0 Å². The predicted octanol–water partition coefficient (Wildman–Crippen LogP) is 2.22. The van der Waals surface area contributed by atoms with E-state index >= 15 is 0 Å². The highest BCUT2D eigenvalue weighted by atomic mass is 16.5. The van der Waals surface area contributed by atoms with Crippen molar-refractivity contribution in [2.24, 2.45) is 5.92 Å². The Balaban J connectivity index is 1.62. The molecule has 2 heterocycles. The summed E-state index contributed by atoms with van der Waals surface area (Å²) in [6.45, 7) is 0.393. The van der Waals surface area contributed by atoms with Gasteiger partial charge in [-0.05, 0) is 30.2 Å². The zero-order chi connectivity index (χ0) is 15.8. The Hall–Kier alpha value is -2.82. The van der Waals surface area contributed by atoms with E-state index in [9.17, 15) is 9.59 Å². The molecular weight excluding hydrogens is 292 g/mol. The zero-order valence-electron chi connectivity index (χ0n) is 12.5. The minimum atomic E-state index is -0.274. The summed E-state index contributed by atoms with van der Waals surface area (Å²) in [6, 6.07) is 15.1. The Morgan fingerprint density at radius 2 is 1.91 bits per heavy atom. The maximum absolute atomic E-state index is 12.9. The van der Waals surface area contributed by atoms with Gasteiger partial charge in [0.1, 0.15) is 18.9 Å². The highest BCUT2D eigenvalue weighted by Gasteiger charge is 2.34. The molecule has 0 aromatic heterocycles. The minimum absolute atomic E-state index is 0.0496. The van der Waals surface area contributed by atoms with Crippen molar-refractivity contribution in [2.45, 2.75) is 6.42 Å². The van der Waals surface area contributed by atoms with Gasteiger partial charge in [-0.15, -0.1) is 0 Å². The van der Waals surface area contributed by atoms with Gasteiger partial charge in [0.15, 0.2) is 0 Å². The summed E-state index contributed by atoms with van der Waals surface area (Å²) in [4.78, 5) is 26.4. The lowest BCUT2D eigenvalue weighted by Crippen LogP contribution is -2.47. The lowest BCUT2D eigenvalue weighted by Gasteiger charge is -2.33. The third-order valence-electron chi connectivity index (χ3n) is 4.26. The molecule has 0 spiro atoms. The van der Waals surface area contributed by atoms with E-state index in [1.807, 2.05) is 42.5 Å². The van der Waals surface area contributed by atoms with Crippen LogP contribution in [-0.4, -0.2) is 25.0 Å². The first-order chi connectivity index (χ1) is 11.2. The van der Waals surface area contributed by atoms with Crippen molar-refractivity contribution in [1.82, 2.24) is 0 Å². The van der Waals surface area contributed by atoms with Crippen molar-refractivity contribution >= 4 is 23.2 Å². The average molecular weight is 308 g/mol. The molecule has 0 saturated heterocycles. The number of benzene rings is 2. The van der Waals surface area contributed by atoms with E-state index in [0.717, 1.165) is 17.0 Å². The SMILES string of the molecule is O=C1CN(C(=O)C2COc3ccccc3C2)c2ccccc2N1. The average Bonchev–Trinajstić information content (AvgIpc) is 2.60. The van der Waals surface area contributed by atoms with Gasteiger partial charge in [-0.1, -0.05) is 30.3 Å². The summed E-state index contributed by atoms with van der Waals surface area (Å²) in [7, 11) is 0. The number of amides is 2. The summed E-state index contributed by atoms with van der Waals surface area (Å²) >= 11 is 0. The molecule has 2 aromatic carbocycles. The first kappa shape index (κ1) is 13.8. The minimum Gasteiger partial charge on any atom is -0.492 e. The summed E-state index contributed by atoms with van der Waals surface area (Å²) in [6.07, 6.45) is 0.634. The summed E-state index contributed by atoms with van der Waals surface area (Å²) in [5.74, 6) is 0.327. The fraction of sp³-hybridized carbons (Fsp3) is 0.222. The van der Waals surface area contributed by atoms with E-state index in [4.69, 9.17) is 4.74 Å². The van der Waals surface area contributed by atoms with Crippen molar-refractivity contribution in [3.8, 4) is 5.75 Å². The number of nitrogens with one attached hydrogen (secondary N) is 1. The van der Waals surface area contributed by atoms with Gasteiger partial charge in [-0.3, -0.25) is 9.59 Å². The van der Waals surface area contributed by atoms with Crippen LogP contribution in [0.3, 0.4) is 0 Å². The van der Waals surface area contributed by atoms with E-state index in [1.54, 1.807) is 11.0 Å². The fourth-order valence-electron chi connectivity index (χ4n) is 3.14. The molecule has 0 radical (unpaired) electrons. The standard InChI is InChI=1S/C18H16N2O3/c21-17-10-20(15-7-3-2-6-14(15)19-17)18(22)13-9-12-5-1-4-8-16(12)23-11-13/h1-8,13H,9-11H2,(H,19,21). The van der Waals surface area contributed by atoms with Crippen molar-refractivity contribution in [3.63, 3.8) is 0 Å². The van der Waals surface area contributed by atoms with Crippen LogP contribution in [0, 0.1) is 5.92 Å².